The van der Waals surface area contributed by atoms with E-state index in [1.54, 1.807) is 0 Å². The Morgan fingerprint density at radius 3 is 2.75 bits per heavy atom. The minimum atomic E-state index is -0.540. The lowest BCUT2D eigenvalue weighted by atomic mass is 9.84. The topological polar surface area (TPSA) is 62.7 Å². The summed E-state index contributed by atoms with van der Waals surface area (Å²) in [6.07, 6.45) is 3.02. The molecule has 1 aromatic heterocycles. The third-order valence-electron chi connectivity index (χ3n) is 4.73. The predicted octanol–water partition coefficient (Wildman–Crippen LogP) is 3.24. The number of fused-ring (bicyclic) bond motifs is 1. The molecule has 0 N–H and O–H groups in total. The zero-order valence-corrected chi connectivity index (χ0v) is 11.3. The molecule has 2 aromatic rings. The first-order chi connectivity index (χ1) is 9.72. The summed E-state index contributed by atoms with van der Waals surface area (Å²) in [7, 11) is 0. The summed E-state index contributed by atoms with van der Waals surface area (Å²) in [5.74, 6) is 2.49. The van der Waals surface area contributed by atoms with Crippen LogP contribution in [-0.4, -0.2) is 10.1 Å². The van der Waals surface area contributed by atoms with Gasteiger partial charge in [-0.05, 0) is 43.6 Å². The first kappa shape index (κ1) is 11.7. The van der Waals surface area contributed by atoms with Gasteiger partial charge in [0.15, 0.2) is 0 Å². The van der Waals surface area contributed by atoms with Gasteiger partial charge in [0.25, 0.3) is 0 Å². The summed E-state index contributed by atoms with van der Waals surface area (Å²) in [5, 5.41) is 13.7. The lowest BCUT2D eigenvalue weighted by Crippen LogP contribution is -2.22. The van der Waals surface area contributed by atoms with E-state index in [0.717, 1.165) is 24.0 Å². The Balaban J connectivity index is 1.72. The van der Waals surface area contributed by atoms with Gasteiger partial charge in [0.05, 0.1) is 6.07 Å². The predicted molar refractivity (Wildman–Crippen MR) is 72.6 cm³/mol. The minimum Gasteiger partial charge on any atom is -0.337 e. The van der Waals surface area contributed by atoms with Gasteiger partial charge >= 0.3 is 0 Å². The number of rotatable bonds is 2. The maximum Gasteiger partial charge on any atom is 0.247 e. The van der Waals surface area contributed by atoms with Crippen LogP contribution in [0.25, 0.3) is 11.4 Å². The molecule has 0 amide bonds. The third-order valence-corrected chi connectivity index (χ3v) is 4.73. The van der Waals surface area contributed by atoms with E-state index in [2.05, 4.69) is 16.2 Å². The fourth-order valence-electron chi connectivity index (χ4n) is 3.45. The second-order valence-electron chi connectivity index (χ2n) is 6.10. The maximum atomic E-state index is 9.56. The molecule has 1 aromatic carbocycles. The van der Waals surface area contributed by atoms with Crippen LogP contribution in [0.3, 0.4) is 0 Å². The molecule has 100 valence electrons. The smallest absolute Gasteiger partial charge is 0.247 e. The molecule has 2 aliphatic rings. The monoisotopic (exact) mass is 265 g/mol. The van der Waals surface area contributed by atoms with Crippen LogP contribution in [-0.2, 0) is 5.41 Å². The van der Waals surface area contributed by atoms with Crippen LogP contribution in [0.5, 0.6) is 0 Å². The quantitative estimate of drug-likeness (QED) is 0.836. The van der Waals surface area contributed by atoms with Crippen LogP contribution < -0.4 is 0 Å². The molecule has 2 saturated carbocycles. The van der Waals surface area contributed by atoms with Crippen molar-refractivity contribution < 1.29 is 4.52 Å². The van der Waals surface area contributed by atoms with E-state index in [9.17, 15) is 5.26 Å². The first-order valence-electron chi connectivity index (χ1n) is 7.03. The Morgan fingerprint density at radius 1 is 1.30 bits per heavy atom. The zero-order chi connectivity index (χ0) is 13.7. The SMILES string of the molecule is Cc1ccccc1-c1noc(C2(C#N)CC3CC3C2)n1. The molecule has 0 saturated heterocycles. The highest BCUT2D eigenvalue weighted by Gasteiger charge is 2.57. The second-order valence-corrected chi connectivity index (χ2v) is 6.10. The van der Waals surface area contributed by atoms with Gasteiger partial charge in [0.1, 0.15) is 5.41 Å². The molecule has 2 aliphatic carbocycles. The normalized spacial score (nSPS) is 30.8. The zero-order valence-electron chi connectivity index (χ0n) is 11.3. The second kappa shape index (κ2) is 3.92. The van der Waals surface area contributed by atoms with E-state index in [1.165, 1.54) is 6.42 Å². The summed E-state index contributed by atoms with van der Waals surface area (Å²) in [5.41, 5.74) is 1.54. The van der Waals surface area contributed by atoms with Crippen LogP contribution in [0.15, 0.2) is 28.8 Å². The van der Waals surface area contributed by atoms with Gasteiger partial charge in [-0.1, -0.05) is 29.4 Å². The number of hydrogen-bond acceptors (Lipinski definition) is 4. The Morgan fingerprint density at radius 2 is 2.05 bits per heavy atom. The number of nitriles is 1. The Kier molecular flexibility index (Phi) is 2.29. The summed E-state index contributed by atoms with van der Waals surface area (Å²) in [4.78, 5) is 4.52. The van der Waals surface area contributed by atoms with Crippen molar-refractivity contribution >= 4 is 0 Å². The third kappa shape index (κ3) is 1.59. The molecule has 0 radical (unpaired) electrons. The first-order valence-corrected chi connectivity index (χ1v) is 7.03. The molecule has 4 heteroatoms. The van der Waals surface area contributed by atoms with E-state index in [1.807, 2.05) is 31.2 Å². The van der Waals surface area contributed by atoms with Gasteiger partial charge in [-0.15, -0.1) is 0 Å². The van der Waals surface area contributed by atoms with Crippen molar-refractivity contribution in [2.24, 2.45) is 11.8 Å². The van der Waals surface area contributed by atoms with E-state index >= 15 is 0 Å². The number of hydrogen-bond donors (Lipinski definition) is 0. The molecule has 2 fully saturated rings. The van der Waals surface area contributed by atoms with Crippen molar-refractivity contribution in [2.75, 3.05) is 0 Å². The Hall–Kier alpha value is -2.15. The van der Waals surface area contributed by atoms with Gasteiger partial charge in [-0.3, -0.25) is 0 Å². The Labute approximate surface area is 117 Å². The van der Waals surface area contributed by atoms with Crippen molar-refractivity contribution in [3.8, 4) is 17.5 Å². The molecular weight excluding hydrogens is 250 g/mol. The molecular formula is C16H15N3O. The standard InChI is InChI=1S/C16H15N3O/c1-10-4-2-3-5-13(10)14-18-15(20-19-14)16(9-17)7-11-6-12(11)8-16/h2-5,11-12H,6-8H2,1H3. The Bertz CT molecular complexity index is 703. The van der Waals surface area contributed by atoms with Gasteiger partial charge < -0.3 is 4.52 Å². The molecule has 2 atom stereocenters. The number of aromatic nitrogens is 2. The fourth-order valence-corrected chi connectivity index (χ4v) is 3.45. The molecule has 0 aliphatic heterocycles. The number of aryl methyl sites for hydroxylation is 1. The molecule has 20 heavy (non-hydrogen) atoms. The molecule has 4 nitrogen and oxygen atoms in total. The minimum absolute atomic E-state index is 0.505. The van der Waals surface area contributed by atoms with Crippen LogP contribution >= 0.6 is 0 Å². The van der Waals surface area contributed by atoms with E-state index in [4.69, 9.17) is 4.52 Å². The summed E-state index contributed by atoms with van der Waals surface area (Å²) in [6.45, 7) is 2.02. The van der Waals surface area contributed by atoms with Crippen LogP contribution in [0, 0.1) is 30.1 Å². The molecule has 2 unspecified atom stereocenters. The average molecular weight is 265 g/mol. The molecule has 4 rings (SSSR count). The fraction of sp³-hybridized carbons (Fsp3) is 0.438. The van der Waals surface area contributed by atoms with Gasteiger partial charge in [-0.2, -0.15) is 10.2 Å². The van der Waals surface area contributed by atoms with Crippen LogP contribution in [0.2, 0.25) is 0 Å². The summed E-state index contributed by atoms with van der Waals surface area (Å²) >= 11 is 0. The summed E-state index contributed by atoms with van der Waals surface area (Å²) < 4.78 is 5.44. The highest BCUT2D eigenvalue weighted by atomic mass is 16.5. The van der Waals surface area contributed by atoms with Gasteiger partial charge in [0.2, 0.25) is 11.7 Å². The number of nitrogens with zero attached hydrogens (tertiary/aromatic N) is 3. The highest BCUT2D eigenvalue weighted by molar-refractivity contribution is 5.59. The maximum absolute atomic E-state index is 9.56. The lowest BCUT2D eigenvalue weighted by molar-refractivity contribution is 0.308. The summed E-state index contributed by atoms with van der Waals surface area (Å²) in [6, 6.07) is 10.4. The molecule has 1 heterocycles. The molecule has 0 spiro atoms. The van der Waals surface area contributed by atoms with Crippen molar-refractivity contribution in [2.45, 2.75) is 31.6 Å². The van der Waals surface area contributed by atoms with Crippen LogP contribution in [0.1, 0.15) is 30.7 Å². The largest absolute Gasteiger partial charge is 0.337 e. The van der Waals surface area contributed by atoms with E-state index in [0.29, 0.717) is 23.6 Å². The van der Waals surface area contributed by atoms with Crippen LogP contribution in [0.4, 0.5) is 0 Å². The van der Waals surface area contributed by atoms with Gasteiger partial charge in [-0.25, -0.2) is 0 Å². The van der Waals surface area contributed by atoms with Gasteiger partial charge in [0, 0.05) is 5.56 Å². The van der Waals surface area contributed by atoms with E-state index < -0.39 is 5.41 Å². The number of benzene rings is 1. The average Bonchev–Trinajstić information content (AvgIpc) is 2.92. The van der Waals surface area contributed by atoms with Crippen molar-refractivity contribution in [3.05, 3.63) is 35.7 Å². The van der Waals surface area contributed by atoms with E-state index in [-0.39, 0.29) is 0 Å². The lowest BCUT2D eigenvalue weighted by Gasteiger charge is -2.16. The van der Waals surface area contributed by atoms with Crippen molar-refractivity contribution in [3.63, 3.8) is 0 Å². The van der Waals surface area contributed by atoms with Crippen molar-refractivity contribution in [1.82, 2.24) is 10.1 Å². The highest BCUT2D eigenvalue weighted by Crippen LogP contribution is 2.60. The molecule has 0 bridgehead atoms. The van der Waals surface area contributed by atoms with Crippen molar-refractivity contribution in [1.29, 1.82) is 5.26 Å².